The Hall–Kier alpha value is -4.16. The summed E-state index contributed by atoms with van der Waals surface area (Å²) < 4.78 is 19.6. The Labute approximate surface area is 205 Å². The standard InChI is InChI=1S/C29H18FNO3S/c30-22-13-4-3-12-21(22)29(33)34-18-9-7-8-17(16-18)28-25-26(19-10-1-2-11-20(19)27(25)32)31-23-14-5-6-15-24(23)35-28/h1-16,28,31H/t28-/m0/s1. The highest BCUT2D eigenvalue weighted by atomic mass is 32.2. The molecule has 0 aromatic heterocycles. The van der Waals surface area contributed by atoms with Gasteiger partial charge in [-0.05, 0) is 42.0 Å². The molecule has 4 aromatic rings. The number of fused-ring (bicyclic) bond motifs is 3. The van der Waals surface area contributed by atoms with E-state index in [1.54, 1.807) is 36.0 Å². The van der Waals surface area contributed by atoms with Crippen molar-refractivity contribution in [1.29, 1.82) is 0 Å². The maximum absolute atomic E-state index is 14.1. The Kier molecular flexibility index (Phi) is 5.23. The van der Waals surface area contributed by atoms with Crippen LogP contribution in [0.4, 0.5) is 10.1 Å². The highest BCUT2D eigenvalue weighted by Crippen LogP contribution is 2.52. The third kappa shape index (κ3) is 3.72. The van der Waals surface area contributed by atoms with Crippen LogP contribution in [0.3, 0.4) is 0 Å². The van der Waals surface area contributed by atoms with Crippen molar-refractivity contribution in [2.24, 2.45) is 0 Å². The third-order valence-electron chi connectivity index (χ3n) is 6.07. The average Bonchev–Trinajstić information content (AvgIpc) is 3.04. The molecule has 0 radical (unpaired) electrons. The molecule has 170 valence electrons. The smallest absolute Gasteiger partial charge is 0.346 e. The zero-order chi connectivity index (χ0) is 23.9. The molecule has 2 aliphatic rings. The molecule has 1 heterocycles. The molecule has 0 fully saturated rings. The summed E-state index contributed by atoms with van der Waals surface area (Å²) in [5.74, 6) is -1.15. The van der Waals surface area contributed by atoms with Crippen LogP contribution in [0.5, 0.6) is 5.75 Å². The summed E-state index contributed by atoms with van der Waals surface area (Å²) in [4.78, 5) is 27.2. The molecular formula is C29H18FNO3S. The van der Waals surface area contributed by atoms with Crippen LogP contribution >= 0.6 is 11.8 Å². The fourth-order valence-electron chi connectivity index (χ4n) is 4.45. The molecule has 0 saturated heterocycles. The van der Waals surface area contributed by atoms with Gasteiger partial charge in [0.05, 0.1) is 22.2 Å². The van der Waals surface area contributed by atoms with E-state index in [2.05, 4.69) is 5.32 Å². The van der Waals surface area contributed by atoms with Gasteiger partial charge in [0.25, 0.3) is 0 Å². The number of carbonyl (C=O) groups is 2. The van der Waals surface area contributed by atoms with Crippen molar-refractivity contribution in [1.82, 2.24) is 0 Å². The minimum Gasteiger partial charge on any atom is -0.423 e. The van der Waals surface area contributed by atoms with Gasteiger partial charge in [0, 0.05) is 21.6 Å². The van der Waals surface area contributed by atoms with E-state index >= 15 is 0 Å². The van der Waals surface area contributed by atoms with Gasteiger partial charge in [-0.15, -0.1) is 11.8 Å². The van der Waals surface area contributed by atoms with E-state index in [9.17, 15) is 14.0 Å². The Morgan fingerprint density at radius 3 is 2.46 bits per heavy atom. The maximum Gasteiger partial charge on any atom is 0.346 e. The highest BCUT2D eigenvalue weighted by Gasteiger charge is 2.38. The van der Waals surface area contributed by atoms with Gasteiger partial charge in [0.15, 0.2) is 5.78 Å². The van der Waals surface area contributed by atoms with Crippen LogP contribution in [0.2, 0.25) is 0 Å². The first-order valence-corrected chi connectivity index (χ1v) is 12.0. The van der Waals surface area contributed by atoms with Crippen LogP contribution < -0.4 is 10.1 Å². The first kappa shape index (κ1) is 21.4. The normalized spacial score (nSPS) is 16.0. The molecule has 1 aliphatic heterocycles. The molecule has 6 rings (SSSR count). The predicted octanol–water partition coefficient (Wildman–Crippen LogP) is 6.91. The number of thioether (sulfide) groups is 1. The third-order valence-corrected chi connectivity index (χ3v) is 7.43. The minimum atomic E-state index is -0.773. The number of para-hydroxylation sites is 1. The largest absolute Gasteiger partial charge is 0.423 e. The van der Waals surface area contributed by atoms with Crippen LogP contribution in [0.25, 0.3) is 5.70 Å². The van der Waals surface area contributed by atoms with Crippen LogP contribution in [-0.4, -0.2) is 11.8 Å². The van der Waals surface area contributed by atoms with Crippen molar-refractivity contribution < 1.29 is 18.7 Å². The van der Waals surface area contributed by atoms with E-state index in [1.165, 1.54) is 18.2 Å². The van der Waals surface area contributed by atoms with Gasteiger partial charge in [0.2, 0.25) is 0 Å². The molecule has 1 atom stereocenters. The van der Waals surface area contributed by atoms with E-state index < -0.39 is 11.8 Å². The monoisotopic (exact) mass is 479 g/mol. The number of Topliss-reactive ketones (excluding diaryl/α,β-unsaturated/α-hetero) is 1. The lowest BCUT2D eigenvalue weighted by molar-refractivity contribution is 0.0729. The van der Waals surface area contributed by atoms with Gasteiger partial charge in [-0.2, -0.15) is 0 Å². The minimum absolute atomic E-state index is 0.0258. The number of benzene rings is 4. The van der Waals surface area contributed by atoms with Crippen LogP contribution in [0.15, 0.2) is 108 Å². The fraction of sp³-hybridized carbons (Fsp3) is 0.0345. The summed E-state index contributed by atoms with van der Waals surface area (Å²) in [6.07, 6.45) is 0. The number of rotatable bonds is 3. The number of hydrogen-bond acceptors (Lipinski definition) is 5. The van der Waals surface area contributed by atoms with E-state index in [1.807, 2.05) is 54.6 Å². The molecule has 6 heteroatoms. The van der Waals surface area contributed by atoms with Gasteiger partial charge >= 0.3 is 5.97 Å². The fourth-order valence-corrected chi connectivity index (χ4v) is 5.73. The van der Waals surface area contributed by atoms with Crippen molar-refractivity contribution >= 4 is 34.9 Å². The molecule has 0 spiro atoms. The van der Waals surface area contributed by atoms with Crippen molar-refractivity contribution in [3.05, 3.63) is 131 Å². The first-order chi connectivity index (χ1) is 17.1. The van der Waals surface area contributed by atoms with Crippen molar-refractivity contribution in [3.8, 4) is 5.75 Å². The molecule has 0 amide bonds. The molecule has 0 bridgehead atoms. The summed E-state index contributed by atoms with van der Waals surface area (Å²) in [7, 11) is 0. The Morgan fingerprint density at radius 1 is 0.857 bits per heavy atom. The topological polar surface area (TPSA) is 55.4 Å². The zero-order valence-electron chi connectivity index (χ0n) is 18.3. The summed E-state index contributed by atoms with van der Waals surface area (Å²) >= 11 is 1.57. The van der Waals surface area contributed by atoms with E-state index in [0.717, 1.165) is 27.4 Å². The van der Waals surface area contributed by atoms with Crippen LogP contribution in [0, 0.1) is 5.82 Å². The predicted molar refractivity (Wildman–Crippen MR) is 134 cm³/mol. The molecular weight excluding hydrogens is 461 g/mol. The molecule has 0 unspecified atom stereocenters. The number of anilines is 1. The number of esters is 1. The molecule has 4 nitrogen and oxygen atoms in total. The second kappa shape index (κ2) is 8.56. The summed E-state index contributed by atoms with van der Waals surface area (Å²) in [6, 6.07) is 28.3. The summed E-state index contributed by atoms with van der Waals surface area (Å²) in [5, 5.41) is 3.15. The zero-order valence-corrected chi connectivity index (χ0v) is 19.1. The van der Waals surface area contributed by atoms with Gasteiger partial charge < -0.3 is 10.1 Å². The van der Waals surface area contributed by atoms with Crippen molar-refractivity contribution in [2.75, 3.05) is 5.32 Å². The molecule has 0 saturated carbocycles. The average molecular weight is 480 g/mol. The lowest BCUT2D eigenvalue weighted by Crippen LogP contribution is -2.11. The summed E-state index contributed by atoms with van der Waals surface area (Å²) in [6.45, 7) is 0. The van der Waals surface area contributed by atoms with Gasteiger partial charge in [-0.25, -0.2) is 9.18 Å². The lowest BCUT2D eigenvalue weighted by Gasteiger charge is -2.18. The van der Waals surface area contributed by atoms with Gasteiger partial charge in [0.1, 0.15) is 11.6 Å². The van der Waals surface area contributed by atoms with E-state index in [0.29, 0.717) is 11.1 Å². The van der Waals surface area contributed by atoms with Gasteiger partial charge in [-0.1, -0.05) is 60.7 Å². The first-order valence-electron chi connectivity index (χ1n) is 11.1. The summed E-state index contributed by atoms with van der Waals surface area (Å²) in [5.41, 5.74) is 4.59. The molecule has 1 N–H and O–H groups in total. The van der Waals surface area contributed by atoms with Crippen molar-refractivity contribution in [2.45, 2.75) is 10.1 Å². The quantitative estimate of drug-likeness (QED) is 0.256. The lowest BCUT2D eigenvalue weighted by atomic mass is 10.0. The van der Waals surface area contributed by atoms with E-state index in [-0.39, 0.29) is 22.3 Å². The molecule has 1 aliphatic carbocycles. The Bertz CT molecular complexity index is 1540. The highest BCUT2D eigenvalue weighted by molar-refractivity contribution is 8.00. The SMILES string of the molecule is O=C(Oc1cccc([C@@H]2Sc3ccccc3NC3=C2C(=O)c2ccccc23)c1)c1ccccc1F. The number of ketones is 1. The number of nitrogens with one attached hydrogen (secondary N) is 1. The maximum atomic E-state index is 14.1. The Balaban J connectivity index is 1.42. The van der Waals surface area contributed by atoms with Gasteiger partial charge in [-0.3, -0.25) is 4.79 Å². The number of carbonyl (C=O) groups excluding carboxylic acids is 2. The molecule has 4 aromatic carbocycles. The van der Waals surface area contributed by atoms with Crippen molar-refractivity contribution in [3.63, 3.8) is 0 Å². The van der Waals surface area contributed by atoms with Crippen LogP contribution in [0.1, 0.15) is 37.1 Å². The van der Waals surface area contributed by atoms with E-state index in [4.69, 9.17) is 4.74 Å². The number of halogens is 1. The number of hydrogen-bond donors (Lipinski definition) is 1. The second-order valence-corrected chi connectivity index (χ2v) is 9.37. The molecule has 35 heavy (non-hydrogen) atoms. The van der Waals surface area contributed by atoms with Crippen LogP contribution in [-0.2, 0) is 0 Å². The number of ether oxygens (including phenoxy) is 1. The Morgan fingerprint density at radius 2 is 1.60 bits per heavy atom. The second-order valence-electron chi connectivity index (χ2n) is 8.22.